The summed E-state index contributed by atoms with van der Waals surface area (Å²) < 4.78 is 0. The fourth-order valence-electron chi connectivity index (χ4n) is 2.93. The van der Waals surface area contributed by atoms with E-state index in [0.29, 0.717) is 6.54 Å². The van der Waals surface area contributed by atoms with Crippen molar-refractivity contribution in [3.05, 3.63) is 29.6 Å². The minimum absolute atomic E-state index is 0.00310. The third-order valence-electron chi connectivity index (χ3n) is 4.30. The van der Waals surface area contributed by atoms with Crippen LogP contribution in [-0.2, 0) is 4.79 Å². The van der Waals surface area contributed by atoms with Gasteiger partial charge in [0.05, 0.1) is 18.3 Å². The molecule has 2 rings (SSSR count). The molecule has 1 fully saturated rings. The van der Waals surface area contributed by atoms with Crippen molar-refractivity contribution in [1.82, 2.24) is 20.1 Å². The van der Waals surface area contributed by atoms with Crippen molar-refractivity contribution in [2.75, 3.05) is 39.8 Å². The highest BCUT2D eigenvalue weighted by Gasteiger charge is 2.19. The summed E-state index contributed by atoms with van der Waals surface area (Å²) in [5.74, 6) is 0.0986. The van der Waals surface area contributed by atoms with Crippen molar-refractivity contribution < 1.29 is 4.79 Å². The Bertz CT molecular complexity index is 491. The van der Waals surface area contributed by atoms with E-state index in [0.717, 1.165) is 50.3 Å². The first-order valence-corrected chi connectivity index (χ1v) is 8.22. The van der Waals surface area contributed by atoms with E-state index in [1.807, 2.05) is 19.1 Å². The van der Waals surface area contributed by atoms with Crippen molar-refractivity contribution in [2.24, 2.45) is 0 Å². The maximum Gasteiger partial charge on any atom is 0.234 e. The molecule has 1 N–H and O–H groups in total. The number of hydrogen-bond donors (Lipinski definition) is 1. The summed E-state index contributed by atoms with van der Waals surface area (Å²) >= 11 is 0. The van der Waals surface area contributed by atoms with Crippen molar-refractivity contribution in [3.8, 4) is 0 Å². The fourth-order valence-corrected chi connectivity index (χ4v) is 2.93. The highest BCUT2D eigenvalue weighted by molar-refractivity contribution is 5.78. The molecule has 22 heavy (non-hydrogen) atoms. The third kappa shape index (κ3) is 4.78. The number of aromatic nitrogens is 1. The number of carbonyl (C=O) groups is 1. The van der Waals surface area contributed by atoms with Crippen LogP contribution in [0.5, 0.6) is 0 Å². The molecule has 1 aromatic heterocycles. The van der Waals surface area contributed by atoms with Gasteiger partial charge in [0.2, 0.25) is 5.91 Å². The summed E-state index contributed by atoms with van der Waals surface area (Å²) in [6.45, 7) is 8.71. The van der Waals surface area contributed by atoms with Crippen LogP contribution >= 0.6 is 0 Å². The second kappa shape index (κ2) is 8.25. The molecule has 5 heteroatoms. The van der Waals surface area contributed by atoms with E-state index in [4.69, 9.17) is 0 Å². The van der Waals surface area contributed by atoms with E-state index in [-0.39, 0.29) is 11.9 Å². The van der Waals surface area contributed by atoms with Crippen molar-refractivity contribution in [1.29, 1.82) is 0 Å². The minimum Gasteiger partial charge on any atom is -0.347 e. The van der Waals surface area contributed by atoms with Crippen LogP contribution in [-0.4, -0.2) is 60.5 Å². The quantitative estimate of drug-likeness (QED) is 0.897. The molecule has 2 heterocycles. The van der Waals surface area contributed by atoms with Crippen LogP contribution in [0.3, 0.4) is 0 Å². The Morgan fingerprint density at radius 2 is 2.18 bits per heavy atom. The van der Waals surface area contributed by atoms with Gasteiger partial charge >= 0.3 is 0 Å². The molecule has 1 unspecified atom stereocenters. The maximum atomic E-state index is 12.4. The lowest BCUT2D eigenvalue weighted by atomic mass is 10.1. The lowest BCUT2D eigenvalue weighted by Crippen LogP contribution is -2.40. The van der Waals surface area contributed by atoms with Gasteiger partial charge in [-0.2, -0.15) is 0 Å². The molecule has 0 saturated carbocycles. The van der Waals surface area contributed by atoms with Crippen LogP contribution in [0, 0.1) is 6.92 Å². The maximum absolute atomic E-state index is 12.4. The van der Waals surface area contributed by atoms with Crippen molar-refractivity contribution in [3.63, 3.8) is 0 Å². The topological polar surface area (TPSA) is 48.5 Å². The number of nitrogens with zero attached hydrogens (tertiary/aromatic N) is 3. The van der Waals surface area contributed by atoms with Crippen LogP contribution in [0.2, 0.25) is 0 Å². The molecule has 1 aliphatic heterocycles. The van der Waals surface area contributed by atoms with Gasteiger partial charge in [-0.05, 0) is 51.5 Å². The first-order valence-electron chi connectivity index (χ1n) is 8.22. The van der Waals surface area contributed by atoms with E-state index >= 15 is 0 Å². The van der Waals surface area contributed by atoms with Gasteiger partial charge in [0.1, 0.15) is 0 Å². The number of hydrogen-bond acceptors (Lipinski definition) is 4. The zero-order chi connectivity index (χ0) is 15.9. The number of amides is 1. The summed E-state index contributed by atoms with van der Waals surface area (Å²) in [5.41, 5.74) is 2.11. The summed E-state index contributed by atoms with van der Waals surface area (Å²) in [5, 5.41) is 3.15. The second-order valence-corrected chi connectivity index (χ2v) is 6.17. The Morgan fingerprint density at radius 1 is 1.36 bits per heavy atom. The van der Waals surface area contributed by atoms with Gasteiger partial charge in [-0.3, -0.25) is 14.7 Å². The van der Waals surface area contributed by atoms with E-state index in [1.165, 1.54) is 0 Å². The Kier molecular flexibility index (Phi) is 6.34. The van der Waals surface area contributed by atoms with E-state index in [1.54, 1.807) is 6.20 Å². The zero-order valence-electron chi connectivity index (χ0n) is 14.0. The van der Waals surface area contributed by atoms with Crippen LogP contribution < -0.4 is 5.32 Å². The first kappa shape index (κ1) is 16.9. The number of pyridine rings is 1. The second-order valence-electron chi connectivity index (χ2n) is 6.17. The van der Waals surface area contributed by atoms with E-state index in [2.05, 4.69) is 34.1 Å². The largest absolute Gasteiger partial charge is 0.347 e. The van der Waals surface area contributed by atoms with Crippen LogP contribution in [0.4, 0.5) is 0 Å². The molecule has 0 aromatic carbocycles. The normalized spacial score (nSPS) is 18.7. The molecular weight excluding hydrogens is 276 g/mol. The number of likely N-dealkylation sites (N-methyl/N-ethyl adjacent to an activating group) is 1. The predicted molar refractivity (Wildman–Crippen MR) is 88.7 cm³/mol. The fraction of sp³-hybridized carbons (Fsp3) is 0.647. The average molecular weight is 304 g/mol. The molecule has 0 bridgehead atoms. The molecule has 0 aliphatic carbocycles. The smallest absolute Gasteiger partial charge is 0.234 e. The van der Waals surface area contributed by atoms with Gasteiger partial charge in [0.15, 0.2) is 0 Å². The van der Waals surface area contributed by atoms with Crippen LogP contribution in [0.15, 0.2) is 18.3 Å². The summed E-state index contributed by atoms with van der Waals surface area (Å²) in [7, 11) is 2.14. The number of nitrogens with one attached hydrogen (secondary N) is 1. The summed E-state index contributed by atoms with van der Waals surface area (Å²) in [4.78, 5) is 21.4. The first-order chi connectivity index (χ1) is 10.6. The van der Waals surface area contributed by atoms with Gasteiger partial charge in [-0.25, -0.2) is 0 Å². The molecule has 1 saturated heterocycles. The van der Waals surface area contributed by atoms with Gasteiger partial charge in [-0.15, -0.1) is 0 Å². The average Bonchev–Trinajstić information content (AvgIpc) is 2.70. The van der Waals surface area contributed by atoms with E-state index in [9.17, 15) is 4.79 Å². The van der Waals surface area contributed by atoms with E-state index < -0.39 is 0 Å². The molecule has 1 atom stereocenters. The third-order valence-corrected chi connectivity index (χ3v) is 4.30. The lowest BCUT2D eigenvalue weighted by Gasteiger charge is -2.23. The Hall–Kier alpha value is -1.46. The van der Waals surface area contributed by atoms with Gasteiger partial charge in [0.25, 0.3) is 0 Å². The summed E-state index contributed by atoms with van der Waals surface area (Å²) in [6.07, 6.45) is 3.77. The summed E-state index contributed by atoms with van der Waals surface area (Å²) in [6, 6.07) is 3.98. The van der Waals surface area contributed by atoms with Gasteiger partial charge < -0.3 is 10.2 Å². The number of aryl methyl sites for hydroxylation is 1. The zero-order valence-corrected chi connectivity index (χ0v) is 14.0. The number of rotatable bonds is 5. The molecule has 0 radical (unpaired) electrons. The van der Waals surface area contributed by atoms with Crippen molar-refractivity contribution >= 4 is 5.91 Å². The highest BCUT2D eigenvalue weighted by Crippen LogP contribution is 2.17. The molecule has 0 spiro atoms. The Morgan fingerprint density at radius 3 is 2.91 bits per heavy atom. The minimum atomic E-state index is 0.00310. The molecule has 5 nitrogen and oxygen atoms in total. The monoisotopic (exact) mass is 304 g/mol. The lowest BCUT2D eigenvalue weighted by molar-refractivity contribution is -0.123. The molecule has 1 amide bonds. The highest BCUT2D eigenvalue weighted by atomic mass is 16.2. The molecular formula is C17H28N4O. The van der Waals surface area contributed by atoms with Crippen LogP contribution in [0.1, 0.15) is 37.1 Å². The Labute approximate surface area is 133 Å². The van der Waals surface area contributed by atoms with Gasteiger partial charge in [-0.1, -0.05) is 13.0 Å². The van der Waals surface area contributed by atoms with Crippen LogP contribution in [0.25, 0.3) is 0 Å². The predicted octanol–water partition coefficient (Wildman–Crippen LogP) is 1.59. The number of carbonyl (C=O) groups excluding carboxylic acids is 1. The van der Waals surface area contributed by atoms with Gasteiger partial charge in [0, 0.05) is 19.3 Å². The van der Waals surface area contributed by atoms with Crippen molar-refractivity contribution in [2.45, 2.75) is 32.7 Å². The standard InChI is InChI=1S/C17H28N4O/c1-4-15(17-14(2)7-5-8-18-17)19-16(22)13-21-10-6-9-20(3)11-12-21/h5,7-8,15H,4,6,9-13H2,1-3H3,(H,19,22). The molecule has 1 aliphatic rings. The Balaban J connectivity index is 1.91. The SMILES string of the molecule is CCC(NC(=O)CN1CCCN(C)CC1)c1ncccc1C. The molecule has 122 valence electrons. The molecule has 1 aromatic rings.